The van der Waals surface area contributed by atoms with E-state index in [1.807, 2.05) is 13.0 Å². The van der Waals surface area contributed by atoms with Crippen LogP contribution in [0.1, 0.15) is 32.3 Å². The minimum atomic E-state index is -0.889. The van der Waals surface area contributed by atoms with Crippen molar-refractivity contribution in [1.82, 2.24) is 10.3 Å². The van der Waals surface area contributed by atoms with E-state index in [1.165, 1.54) is 0 Å². The molecule has 7 nitrogen and oxygen atoms in total. The highest BCUT2D eigenvalue weighted by Crippen LogP contribution is 2.26. The topological polar surface area (TPSA) is 101 Å². The quantitative estimate of drug-likeness (QED) is 0.697. The molecule has 0 fully saturated rings. The van der Waals surface area contributed by atoms with Gasteiger partial charge in [0.1, 0.15) is 11.5 Å². The molecule has 0 saturated carbocycles. The molecular formula is C19H23N3O4. The summed E-state index contributed by atoms with van der Waals surface area (Å²) in [7, 11) is 0. The number of urea groups is 1. The number of aromatic nitrogens is 1. The van der Waals surface area contributed by atoms with Crippen LogP contribution in [0.15, 0.2) is 42.7 Å². The van der Waals surface area contributed by atoms with Crippen molar-refractivity contribution in [2.45, 2.75) is 39.2 Å². The molecule has 0 aliphatic heterocycles. The van der Waals surface area contributed by atoms with Crippen molar-refractivity contribution in [3.63, 3.8) is 0 Å². The minimum Gasteiger partial charge on any atom is -0.481 e. The highest BCUT2D eigenvalue weighted by atomic mass is 16.5. The number of aryl methyl sites for hydroxylation is 1. The SMILES string of the molecule is Cc1cc(NC(=O)NC(C)(C)CCC(=O)O)ccc1Oc1cccnc1. The largest absolute Gasteiger partial charge is 0.481 e. The van der Waals surface area contributed by atoms with Gasteiger partial charge in [0, 0.05) is 23.8 Å². The number of carboxylic acids is 1. The molecule has 0 saturated heterocycles. The third-order valence-electron chi connectivity index (χ3n) is 3.71. The standard InChI is InChI=1S/C19H23N3O4/c1-13-11-14(6-7-16(13)26-15-5-4-10-20-12-15)21-18(25)22-19(2,3)9-8-17(23)24/h4-7,10-12H,8-9H2,1-3H3,(H,23,24)(H2,21,22,25). The molecule has 3 N–H and O–H groups in total. The van der Waals surface area contributed by atoms with Crippen LogP contribution in [0.4, 0.5) is 10.5 Å². The molecule has 1 heterocycles. The number of benzene rings is 1. The lowest BCUT2D eigenvalue weighted by atomic mass is 9.99. The number of nitrogens with one attached hydrogen (secondary N) is 2. The maximum absolute atomic E-state index is 12.2. The minimum absolute atomic E-state index is 0.00718. The number of nitrogens with zero attached hydrogens (tertiary/aromatic N) is 1. The first-order chi connectivity index (χ1) is 12.2. The van der Waals surface area contributed by atoms with Crippen LogP contribution in [0.5, 0.6) is 11.5 Å². The number of hydrogen-bond acceptors (Lipinski definition) is 4. The molecule has 2 rings (SSSR count). The van der Waals surface area contributed by atoms with Crippen LogP contribution in [0.2, 0.25) is 0 Å². The first kappa shape index (κ1) is 19.2. The Morgan fingerprint density at radius 3 is 2.65 bits per heavy atom. The Bertz CT molecular complexity index is 776. The Hall–Kier alpha value is -3.09. The van der Waals surface area contributed by atoms with Crippen LogP contribution in [-0.4, -0.2) is 27.6 Å². The molecule has 0 spiro atoms. The van der Waals surface area contributed by atoms with Gasteiger partial charge in [0.05, 0.1) is 6.20 Å². The van der Waals surface area contributed by atoms with E-state index in [1.54, 1.807) is 50.5 Å². The van der Waals surface area contributed by atoms with Gasteiger partial charge in [-0.05, 0) is 63.1 Å². The van der Waals surface area contributed by atoms with Crippen molar-refractivity contribution < 1.29 is 19.4 Å². The number of carboxylic acid groups (broad SMARTS) is 1. The van der Waals surface area contributed by atoms with Gasteiger partial charge in [0.2, 0.25) is 0 Å². The van der Waals surface area contributed by atoms with Crippen LogP contribution in [0.25, 0.3) is 0 Å². The van der Waals surface area contributed by atoms with Crippen molar-refractivity contribution in [2.75, 3.05) is 5.32 Å². The molecule has 0 bridgehead atoms. The van der Waals surface area contributed by atoms with Crippen LogP contribution in [-0.2, 0) is 4.79 Å². The van der Waals surface area contributed by atoms with Gasteiger partial charge in [-0.2, -0.15) is 0 Å². The van der Waals surface area contributed by atoms with E-state index in [9.17, 15) is 9.59 Å². The van der Waals surface area contributed by atoms with Gasteiger partial charge in [-0.3, -0.25) is 9.78 Å². The summed E-state index contributed by atoms with van der Waals surface area (Å²) in [4.78, 5) is 26.8. The Kier molecular flexibility index (Phi) is 6.16. The molecule has 0 unspecified atom stereocenters. The Labute approximate surface area is 152 Å². The number of anilines is 1. The highest BCUT2D eigenvalue weighted by molar-refractivity contribution is 5.90. The van der Waals surface area contributed by atoms with Gasteiger partial charge in [-0.1, -0.05) is 0 Å². The van der Waals surface area contributed by atoms with Gasteiger partial charge in [0.15, 0.2) is 0 Å². The number of aliphatic carboxylic acids is 1. The Morgan fingerprint density at radius 2 is 2.04 bits per heavy atom. The number of ether oxygens (including phenoxy) is 1. The third kappa shape index (κ3) is 6.08. The summed E-state index contributed by atoms with van der Waals surface area (Å²) < 4.78 is 5.76. The molecule has 2 amide bonds. The summed E-state index contributed by atoms with van der Waals surface area (Å²) in [5.41, 5.74) is 0.852. The summed E-state index contributed by atoms with van der Waals surface area (Å²) in [6, 6.07) is 8.52. The van der Waals surface area contributed by atoms with Gasteiger partial charge in [0.25, 0.3) is 0 Å². The Morgan fingerprint density at radius 1 is 1.27 bits per heavy atom. The first-order valence-electron chi connectivity index (χ1n) is 8.25. The molecule has 7 heteroatoms. The summed E-state index contributed by atoms with van der Waals surface area (Å²) in [6.45, 7) is 5.45. The summed E-state index contributed by atoms with van der Waals surface area (Å²) in [5.74, 6) is 0.417. The zero-order valence-electron chi connectivity index (χ0n) is 15.1. The molecule has 26 heavy (non-hydrogen) atoms. The lowest BCUT2D eigenvalue weighted by Gasteiger charge is -2.25. The molecule has 1 aromatic carbocycles. The summed E-state index contributed by atoms with van der Waals surface area (Å²) >= 11 is 0. The predicted molar refractivity (Wildman–Crippen MR) is 98.6 cm³/mol. The fraction of sp³-hybridized carbons (Fsp3) is 0.316. The lowest BCUT2D eigenvalue weighted by molar-refractivity contribution is -0.137. The number of amides is 2. The van der Waals surface area contributed by atoms with Crippen molar-refractivity contribution in [3.05, 3.63) is 48.3 Å². The van der Waals surface area contributed by atoms with Gasteiger partial charge in [-0.15, -0.1) is 0 Å². The normalized spacial score (nSPS) is 10.9. The van der Waals surface area contributed by atoms with E-state index < -0.39 is 11.5 Å². The van der Waals surface area contributed by atoms with Crippen LogP contribution in [0.3, 0.4) is 0 Å². The zero-order valence-corrected chi connectivity index (χ0v) is 15.1. The maximum Gasteiger partial charge on any atom is 0.319 e. The predicted octanol–water partition coefficient (Wildman–Crippen LogP) is 3.95. The molecule has 0 aliphatic rings. The molecule has 1 aromatic heterocycles. The van der Waals surface area contributed by atoms with Gasteiger partial charge < -0.3 is 20.5 Å². The maximum atomic E-state index is 12.2. The monoisotopic (exact) mass is 357 g/mol. The van der Waals surface area contributed by atoms with Gasteiger partial charge in [-0.25, -0.2) is 4.79 Å². The molecule has 2 aromatic rings. The lowest BCUT2D eigenvalue weighted by Crippen LogP contribution is -2.45. The smallest absolute Gasteiger partial charge is 0.319 e. The van der Waals surface area contributed by atoms with Crippen LogP contribution >= 0.6 is 0 Å². The molecular weight excluding hydrogens is 334 g/mol. The molecule has 138 valence electrons. The number of carbonyl (C=O) groups excluding carboxylic acids is 1. The van der Waals surface area contributed by atoms with Crippen molar-refractivity contribution in [2.24, 2.45) is 0 Å². The zero-order chi connectivity index (χ0) is 19.2. The first-order valence-corrected chi connectivity index (χ1v) is 8.25. The van der Waals surface area contributed by atoms with E-state index >= 15 is 0 Å². The second kappa shape index (κ2) is 8.33. The van der Waals surface area contributed by atoms with Crippen molar-refractivity contribution in [1.29, 1.82) is 0 Å². The summed E-state index contributed by atoms with van der Waals surface area (Å²) in [6.07, 6.45) is 3.63. The number of rotatable bonds is 7. The third-order valence-corrected chi connectivity index (χ3v) is 3.71. The summed E-state index contributed by atoms with van der Waals surface area (Å²) in [5, 5.41) is 14.3. The van der Waals surface area contributed by atoms with Crippen LogP contribution < -0.4 is 15.4 Å². The van der Waals surface area contributed by atoms with Crippen molar-refractivity contribution in [3.8, 4) is 11.5 Å². The average molecular weight is 357 g/mol. The van der Waals surface area contributed by atoms with E-state index in [4.69, 9.17) is 9.84 Å². The molecule has 0 aliphatic carbocycles. The average Bonchev–Trinajstić information content (AvgIpc) is 2.56. The van der Waals surface area contributed by atoms with Crippen molar-refractivity contribution >= 4 is 17.7 Å². The fourth-order valence-electron chi connectivity index (χ4n) is 2.33. The van der Waals surface area contributed by atoms with E-state index in [0.717, 1.165) is 5.56 Å². The number of pyridine rings is 1. The molecule has 0 radical (unpaired) electrons. The number of hydrogen-bond donors (Lipinski definition) is 3. The second-order valence-corrected chi connectivity index (χ2v) is 6.63. The Balaban J connectivity index is 1.96. The van der Waals surface area contributed by atoms with E-state index in [2.05, 4.69) is 15.6 Å². The van der Waals surface area contributed by atoms with Gasteiger partial charge >= 0.3 is 12.0 Å². The second-order valence-electron chi connectivity index (χ2n) is 6.63. The number of carbonyl (C=O) groups is 2. The van der Waals surface area contributed by atoms with E-state index in [0.29, 0.717) is 23.6 Å². The molecule has 0 atom stereocenters. The van der Waals surface area contributed by atoms with E-state index in [-0.39, 0.29) is 12.5 Å². The van der Waals surface area contributed by atoms with Crippen LogP contribution in [0, 0.1) is 6.92 Å². The highest BCUT2D eigenvalue weighted by Gasteiger charge is 2.21. The fourth-order valence-corrected chi connectivity index (χ4v) is 2.33.